The largest absolute Gasteiger partial charge is 0.390 e. The summed E-state index contributed by atoms with van der Waals surface area (Å²) in [5.41, 5.74) is 2.71. The van der Waals surface area contributed by atoms with Crippen molar-refractivity contribution >= 4 is 5.91 Å². The van der Waals surface area contributed by atoms with Gasteiger partial charge < -0.3 is 10.4 Å². The number of allylic oxidation sites excluding steroid dienone is 1. The van der Waals surface area contributed by atoms with Gasteiger partial charge in [-0.15, -0.1) is 0 Å². The Labute approximate surface area is 170 Å². The highest BCUT2D eigenvalue weighted by molar-refractivity contribution is 5.78. The lowest BCUT2D eigenvalue weighted by Crippen LogP contribution is -2.30. The number of nitrogens with one attached hydrogen (secondary N) is 1. The quantitative estimate of drug-likeness (QED) is 0.669. The predicted molar refractivity (Wildman–Crippen MR) is 115 cm³/mol. The van der Waals surface area contributed by atoms with Crippen LogP contribution in [0, 0.1) is 25.6 Å². The van der Waals surface area contributed by atoms with Gasteiger partial charge in [0.15, 0.2) is 0 Å². The lowest BCUT2D eigenvalue weighted by atomic mass is 9.88. The van der Waals surface area contributed by atoms with E-state index in [2.05, 4.69) is 24.9 Å². The molecule has 2 aliphatic carbocycles. The maximum absolute atomic E-state index is 13.2. The summed E-state index contributed by atoms with van der Waals surface area (Å²) in [6.07, 6.45) is 7.03. The average Bonchev–Trinajstić information content (AvgIpc) is 3.33. The maximum Gasteiger partial charge on any atom is 0.226 e. The van der Waals surface area contributed by atoms with Gasteiger partial charge >= 0.3 is 0 Å². The number of halogens is 1. The molecule has 2 fully saturated rings. The number of rotatable bonds is 4. The molecule has 2 aliphatic rings. The number of aryl methyl sites for hydroxylation is 1. The van der Waals surface area contributed by atoms with Gasteiger partial charge in [-0.3, -0.25) is 4.79 Å². The van der Waals surface area contributed by atoms with Gasteiger partial charge in [-0.1, -0.05) is 38.8 Å². The zero-order chi connectivity index (χ0) is 21.5. The van der Waals surface area contributed by atoms with E-state index in [-0.39, 0.29) is 18.1 Å². The Balaban J connectivity index is 0.000000227. The third kappa shape index (κ3) is 10.0. The molecule has 0 aliphatic heterocycles. The van der Waals surface area contributed by atoms with Crippen molar-refractivity contribution in [3.05, 3.63) is 46.9 Å². The zero-order valence-corrected chi connectivity index (χ0v) is 18.5. The monoisotopic (exact) mass is 391 g/mol. The molecule has 0 atom stereocenters. The number of carbonyl (C=O) groups is 1. The number of amides is 1. The molecule has 1 aromatic rings. The number of benzene rings is 1. The molecule has 2 N–H and O–H groups in total. The van der Waals surface area contributed by atoms with Crippen molar-refractivity contribution in [3.63, 3.8) is 0 Å². The Morgan fingerprint density at radius 1 is 1.25 bits per heavy atom. The first-order valence-electron chi connectivity index (χ1n) is 10.3. The fourth-order valence-corrected chi connectivity index (χ4v) is 2.78. The second-order valence-corrected chi connectivity index (χ2v) is 9.07. The summed E-state index contributed by atoms with van der Waals surface area (Å²) in [5.74, 6) is 1.47. The summed E-state index contributed by atoms with van der Waals surface area (Å²) in [7, 11) is 0. The van der Waals surface area contributed by atoms with Crippen LogP contribution in [-0.2, 0) is 4.79 Å². The molecule has 0 bridgehead atoms. The van der Waals surface area contributed by atoms with Crippen LogP contribution in [-0.4, -0.2) is 16.6 Å². The molecule has 1 aromatic carbocycles. The fraction of sp³-hybridized carbons (Fsp3) is 0.625. The van der Waals surface area contributed by atoms with E-state index in [9.17, 15) is 14.3 Å². The number of aliphatic hydroxyl groups is 1. The van der Waals surface area contributed by atoms with E-state index in [1.807, 2.05) is 13.8 Å². The van der Waals surface area contributed by atoms with Crippen LogP contribution in [0.2, 0.25) is 0 Å². The summed E-state index contributed by atoms with van der Waals surface area (Å²) < 4.78 is 13.2. The van der Waals surface area contributed by atoms with Gasteiger partial charge in [-0.2, -0.15) is 0 Å². The van der Waals surface area contributed by atoms with E-state index < -0.39 is 5.60 Å². The van der Waals surface area contributed by atoms with Crippen LogP contribution in [0.5, 0.6) is 0 Å². The smallest absolute Gasteiger partial charge is 0.226 e. The number of hydrogen-bond donors (Lipinski definition) is 2. The standard InChI is InChI=1S/C11H13F.C8H15NO2.C5H10/c1-7-5-10(9-3-4-9)6-11(12)8(7)2;1-6(2)9-7(10)5-8(3,4)11;1-5-3-2-4-5/h5-6,9H,3-4H2,1-2H3;11H,1,5H2,2-4H3,(H,9,10);5H,2-4H2,1H3. The molecule has 0 saturated heterocycles. The molecule has 0 heterocycles. The highest BCUT2D eigenvalue weighted by Gasteiger charge is 2.24. The minimum atomic E-state index is -0.945. The zero-order valence-electron chi connectivity index (χ0n) is 18.5. The van der Waals surface area contributed by atoms with Crippen molar-refractivity contribution in [1.82, 2.24) is 5.32 Å². The molecule has 1 amide bonds. The Morgan fingerprint density at radius 2 is 1.79 bits per heavy atom. The molecule has 0 unspecified atom stereocenters. The molecule has 28 heavy (non-hydrogen) atoms. The van der Waals surface area contributed by atoms with Crippen LogP contribution >= 0.6 is 0 Å². The van der Waals surface area contributed by atoms with Gasteiger partial charge in [-0.05, 0) is 82.1 Å². The van der Waals surface area contributed by atoms with E-state index in [1.54, 1.807) is 26.8 Å². The van der Waals surface area contributed by atoms with Crippen LogP contribution in [0.25, 0.3) is 0 Å². The minimum Gasteiger partial charge on any atom is -0.390 e. The Bertz CT molecular complexity index is 645. The van der Waals surface area contributed by atoms with Crippen molar-refractivity contribution < 1.29 is 14.3 Å². The van der Waals surface area contributed by atoms with Gasteiger partial charge in [-0.25, -0.2) is 4.39 Å². The molecule has 3 nitrogen and oxygen atoms in total. The predicted octanol–water partition coefficient (Wildman–Crippen LogP) is 5.92. The summed E-state index contributed by atoms with van der Waals surface area (Å²) in [6.45, 7) is 14.5. The molecule has 0 spiro atoms. The normalized spacial score (nSPS) is 16.0. The van der Waals surface area contributed by atoms with Crippen LogP contribution in [0.3, 0.4) is 0 Å². The first kappa shape index (κ1) is 24.4. The van der Waals surface area contributed by atoms with E-state index in [1.165, 1.54) is 37.7 Å². The van der Waals surface area contributed by atoms with Gasteiger partial charge in [0.2, 0.25) is 5.91 Å². The molecular formula is C24H38FNO2. The number of hydrogen-bond acceptors (Lipinski definition) is 2. The van der Waals surface area contributed by atoms with Crippen molar-refractivity contribution in [3.8, 4) is 0 Å². The highest BCUT2D eigenvalue weighted by Crippen LogP contribution is 2.40. The molecule has 2 saturated carbocycles. The van der Waals surface area contributed by atoms with E-state index in [0.29, 0.717) is 11.6 Å². The third-order valence-corrected chi connectivity index (χ3v) is 5.01. The van der Waals surface area contributed by atoms with E-state index >= 15 is 0 Å². The third-order valence-electron chi connectivity index (χ3n) is 5.01. The van der Waals surface area contributed by atoms with Crippen LogP contribution < -0.4 is 5.32 Å². The second kappa shape index (κ2) is 10.8. The average molecular weight is 392 g/mol. The Morgan fingerprint density at radius 3 is 2.11 bits per heavy atom. The summed E-state index contributed by atoms with van der Waals surface area (Å²) in [4.78, 5) is 10.9. The Kier molecular flexibility index (Phi) is 9.35. The SMILES string of the molecule is C=C(C)NC(=O)CC(C)(C)O.CC1CCC1.Cc1cc(C2CC2)cc(F)c1C. The minimum absolute atomic E-state index is 0.0445. The van der Waals surface area contributed by atoms with Crippen molar-refractivity contribution in [2.24, 2.45) is 5.92 Å². The first-order chi connectivity index (χ1) is 12.9. The van der Waals surface area contributed by atoms with Gasteiger partial charge in [0, 0.05) is 5.70 Å². The van der Waals surface area contributed by atoms with E-state index in [0.717, 1.165) is 17.0 Å². The summed E-state index contributed by atoms with van der Waals surface area (Å²) >= 11 is 0. The van der Waals surface area contributed by atoms with Crippen LogP contribution in [0.1, 0.15) is 88.8 Å². The van der Waals surface area contributed by atoms with Crippen molar-refractivity contribution in [2.75, 3.05) is 0 Å². The molecule has 3 rings (SSSR count). The van der Waals surface area contributed by atoms with Crippen LogP contribution in [0.15, 0.2) is 24.4 Å². The van der Waals surface area contributed by atoms with E-state index in [4.69, 9.17) is 0 Å². The Hall–Kier alpha value is -1.68. The number of carbonyl (C=O) groups excluding carboxylic acids is 1. The molecule has 4 heteroatoms. The lowest BCUT2D eigenvalue weighted by molar-refractivity contribution is -0.124. The van der Waals surface area contributed by atoms with Crippen molar-refractivity contribution in [2.45, 2.75) is 91.6 Å². The topological polar surface area (TPSA) is 49.3 Å². The van der Waals surface area contributed by atoms with Gasteiger partial charge in [0.05, 0.1) is 12.0 Å². The second-order valence-electron chi connectivity index (χ2n) is 9.07. The van der Waals surface area contributed by atoms with Crippen molar-refractivity contribution in [1.29, 1.82) is 0 Å². The van der Waals surface area contributed by atoms with Gasteiger partial charge in [0.25, 0.3) is 0 Å². The molecular weight excluding hydrogens is 353 g/mol. The van der Waals surface area contributed by atoms with Gasteiger partial charge in [0.1, 0.15) is 5.82 Å². The lowest BCUT2D eigenvalue weighted by Gasteiger charge is -2.18. The molecule has 0 radical (unpaired) electrons. The summed E-state index contributed by atoms with van der Waals surface area (Å²) in [5, 5.41) is 11.7. The first-order valence-corrected chi connectivity index (χ1v) is 10.3. The molecule has 0 aromatic heterocycles. The van der Waals surface area contributed by atoms with Crippen LogP contribution in [0.4, 0.5) is 4.39 Å². The maximum atomic E-state index is 13.2. The summed E-state index contributed by atoms with van der Waals surface area (Å²) in [6, 6.07) is 3.82. The molecule has 158 valence electrons. The highest BCUT2D eigenvalue weighted by atomic mass is 19.1. The fourth-order valence-electron chi connectivity index (χ4n) is 2.78.